The van der Waals surface area contributed by atoms with Crippen LogP contribution in [-0.4, -0.2) is 55.3 Å². The van der Waals surface area contributed by atoms with Crippen molar-refractivity contribution in [2.75, 3.05) is 26.7 Å². The molecule has 1 amide bonds. The Morgan fingerprint density at radius 1 is 1.32 bits per heavy atom. The zero-order valence-electron chi connectivity index (χ0n) is 12.4. The first-order chi connectivity index (χ1) is 8.78. The number of ether oxygens (including phenoxy) is 2. The summed E-state index contributed by atoms with van der Waals surface area (Å²) in [7, 11) is 1.77. The molecule has 1 heterocycles. The summed E-state index contributed by atoms with van der Waals surface area (Å²) >= 11 is 0. The maximum absolute atomic E-state index is 12.0. The summed E-state index contributed by atoms with van der Waals surface area (Å²) < 4.78 is 10.3. The van der Waals surface area contributed by atoms with Crippen molar-refractivity contribution in [1.82, 2.24) is 10.2 Å². The van der Waals surface area contributed by atoms with Crippen molar-refractivity contribution in [2.24, 2.45) is 5.92 Å². The minimum atomic E-state index is -0.533. The summed E-state index contributed by atoms with van der Waals surface area (Å²) in [4.78, 5) is 25.3. The van der Waals surface area contributed by atoms with Crippen LogP contribution in [-0.2, 0) is 14.3 Å². The molecule has 1 fully saturated rings. The predicted octanol–water partition coefficient (Wildman–Crippen LogP) is 1.00. The zero-order chi connectivity index (χ0) is 14.6. The van der Waals surface area contributed by atoms with Crippen molar-refractivity contribution < 1.29 is 19.1 Å². The van der Waals surface area contributed by atoms with Crippen LogP contribution >= 0.6 is 0 Å². The lowest BCUT2D eigenvalue weighted by atomic mass is 10.0. The van der Waals surface area contributed by atoms with Gasteiger partial charge in [-0.2, -0.15) is 0 Å². The highest BCUT2D eigenvalue weighted by Gasteiger charge is 2.41. The largest absolute Gasteiger partial charge is 0.466 e. The summed E-state index contributed by atoms with van der Waals surface area (Å²) in [5.74, 6) is -0.606. The first-order valence-electron chi connectivity index (χ1n) is 6.60. The van der Waals surface area contributed by atoms with Crippen molar-refractivity contribution in [3.63, 3.8) is 0 Å². The molecular formula is C13H24N2O4. The molecule has 0 radical (unpaired) electrons. The summed E-state index contributed by atoms with van der Waals surface area (Å²) in [5, 5.41) is 3.05. The minimum absolute atomic E-state index is 0.0911. The molecule has 0 spiro atoms. The number of nitrogens with one attached hydrogen (secondary N) is 1. The average Bonchev–Trinajstić information content (AvgIpc) is 2.71. The van der Waals surface area contributed by atoms with Crippen LogP contribution in [0.25, 0.3) is 0 Å². The van der Waals surface area contributed by atoms with Crippen molar-refractivity contribution in [3.05, 3.63) is 0 Å². The molecule has 110 valence electrons. The van der Waals surface area contributed by atoms with Gasteiger partial charge in [0.25, 0.3) is 0 Å². The van der Waals surface area contributed by atoms with Crippen molar-refractivity contribution in [2.45, 2.75) is 39.3 Å². The monoisotopic (exact) mass is 272 g/mol. The van der Waals surface area contributed by atoms with Gasteiger partial charge < -0.3 is 19.7 Å². The molecule has 2 unspecified atom stereocenters. The molecule has 1 saturated heterocycles. The zero-order valence-corrected chi connectivity index (χ0v) is 12.4. The lowest BCUT2D eigenvalue weighted by Crippen LogP contribution is -2.38. The molecule has 6 heteroatoms. The van der Waals surface area contributed by atoms with Gasteiger partial charge in [0.2, 0.25) is 0 Å². The van der Waals surface area contributed by atoms with Crippen molar-refractivity contribution in [3.8, 4) is 0 Å². The van der Waals surface area contributed by atoms with E-state index in [4.69, 9.17) is 9.47 Å². The van der Waals surface area contributed by atoms with E-state index in [-0.39, 0.29) is 24.0 Å². The third-order valence-corrected chi connectivity index (χ3v) is 2.93. The van der Waals surface area contributed by atoms with Gasteiger partial charge in [-0.25, -0.2) is 4.79 Å². The Balaban J connectivity index is 2.66. The molecule has 19 heavy (non-hydrogen) atoms. The first kappa shape index (κ1) is 15.8. The second-order valence-corrected chi connectivity index (χ2v) is 5.64. The Labute approximate surface area is 114 Å². The van der Waals surface area contributed by atoms with Crippen LogP contribution in [0.1, 0.15) is 27.7 Å². The van der Waals surface area contributed by atoms with E-state index in [0.717, 1.165) is 0 Å². The fraction of sp³-hybridized carbons (Fsp3) is 0.846. The third kappa shape index (κ3) is 4.38. The fourth-order valence-electron chi connectivity index (χ4n) is 2.06. The second-order valence-electron chi connectivity index (χ2n) is 5.64. The van der Waals surface area contributed by atoms with Gasteiger partial charge >= 0.3 is 12.1 Å². The highest BCUT2D eigenvalue weighted by molar-refractivity contribution is 5.76. The molecule has 0 bridgehead atoms. The van der Waals surface area contributed by atoms with Crippen LogP contribution in [0.2, 0.25) is 0 Å². The Bertz CT molecular complexity index is 338. The number of likely N-dealkylation sites (N-methyl/N-ethyl adjacent to an activating group) is 1. The summed E-state index contributed by atoms with van der Waals surface area (Å²) in [6.45, 7) is 8.36. The van der Waals surface area contributed by atoms with Crippen LogP contribution < -0.4 is 5.32 Å². The number of carbonyl (C=O) groups excluding carboxylic acids is 2. The van der Waals surface area contributed by atoms with Crippen LogP contribution in [0.15, 0.2) is 0 Å². The van der Waals surface area contributed by atoms with Gasteiger partial charge in [0.05, 0.1) is 12.5 Å². The molecule has 0 saturated carbocycles. The van der Waals surface area contributed by atoms with E-state index in [1.807, 2.05) is 20.8 Å². The summed E-state index contributed by atoms with van der Waals surface area (Å²) in [5.41, 5.74) is -0.533. The molecule has 0 aliphatic carbocycles. The predicted molar refractivity (Wildman–Crippen MR) is 70.8 cm³/mol. The Hall–Kier alpha value is -1.30. The van der Waals surface area contributed by atoms with Crippen LogP contribution in [0.4, 0.5) is 4.79 Å². The van der Waals surface area contributed by atoms with Gasteiger partial charge in [-0.05, 0) is 34.7 Å². The van der Waals surface area contributed by atoms with Gasteiger partial charge in [-0.1, -0.05) is 0 Å². The minimum Gasteiger partial charge on any atom is -0.466 e. The number of rotatable bonds is 3. The number of hydrogen-bond acceptors (Lipinski definition) is 5. The molecule has 1 aliphatic rings. The van der Waals surface area contributed by atoms with E-state index in [0.29, 0.717) is 19.7 Å². The molecule has 0 aromatic carbocycles. The Kier molecular flexibility index (Phi) is 5.17. The molecule has 1 N–H and O–H groups in total. The van der Waals surface area contributed by atoms with Gasteiger partial charge in [0.15, 0.2) is 0 Å². The number of esters is 1. The molecule has 1 rings (SSSR count). The summed E-state index contributed by atoms with van der Waals surface area (Å²) in [6, 6.07) is -0.0911. The van der Waals surface area contributed by atoms with Gasteiger partial charge in [-0.15, -0.1) is 0 Å². The van der Waals surface area contributed by atoms with Crippen LogP contribution in [0.3, 0.4) is 0 Å². The lowest BCUT2D eigenvalue weighted by Gasteiger charge is -2.24. The van der Waals surface area contributed by atoms with E-state index < -0.39 is 5.60 Å². The van der Waals surface area contributed by atoms with Gasteiger partial charge in [0.1, 0.15) is 5.60 Å². The fourth-order valence-corrected chi connectivity index (χ4v) is 2.06. The topological polar surface area (TPSA) is 67.9 Å². The van der Waals surface area contributed by atoms with Crippen molar-refractivity contribution in [1.29, 1.82) is 0 Å². The van der Waals surface area contributed by atoms with Gasteiger partial charge in [0, 0.05) is 19.1 Å². The normalized spacial score (nSPS) is 23.3. The number of hydrogen-bond donors (Lipinski definition) is 1. The van der Waals surface area contributed by atoms with Crippen LogP contribution in [0, 0.1) is 5.92 Å². The van der Waals surface area contributed by atoms with Crippen LogP contribution in [0.5, 0.6) is 0 Å². The highest BCUT2D eigenvalue weighted by atomic mass is 16.6. The number of likely N-dealkylation sites (tertiary alicyclic amines) is 1. The number of carbonyl (C=O) groups is 2. The molecule has 0 aromatic rings. The second kappa shape index (κ2) is 6.23. The average molecular weight is 272 g/mol. The summed E-state index contributed by atoms with van der Waals surface area (Å²) in [6.07, 6.45) is -0.389. The van der Waals surface area contributed by atoms with E-state index in [1.165, 1.54) is 0 Å². The number of amides is 1. The maximum Gasteiger partial charge on any atom is 0.410 e. The lowest BCUT2D eigenvalue weighted by molar-refractivity contribution is -0.148. The van der Waals surface area contributed by atoms with E-state index >= 15 is 0 Å². The van der Waals surface area contributed by atoms with E-state index in [9.17, 15) is 9.59 Å². The molecule has 2 atom stereocenters. The molecule has 6 nitrogen and oxygen atoms in total. The Morgan fingerprint density at radius 2 is 1.95 bits per heavy atom. The van der Waals surface area contributed by atoms with E-state index in [2.05, 4.69) is 5.32 Å². The quantitative estimate of drug-likeness (QED) is 0.776. The SMILES string of the molecule is CCOC(=O)C1CN(C(=O)OC(C)(C)C)CC1NC. The standard InChI is InChI=1S/C13H24N2O4/c1-6-18-11(16)9-7-15(8-10(9)14-5)12(17)19-13(2,3)4/h9-10,14H,6-8H2,1-5H3. The highest BCUT2D eigenvalue weighted by Crippen LogP contribution is 2.21. The third-order valence-electron chi connectivity index (χ3n) is 2.93. The molecular weight excluding hydrogens is 248 g/mol. The van der Waals surface area contributed by atoms with Crippen molar-refractivity contribution >= 4 is 12.1 Å². The molecule has 1 aliphatic heterocycles. The maximum atomic E-state index is 12.0. The number of nitrogens with zero attached hydrogens (tertiary/aromatic N) is 1. The van der Waals surface area contributed by atoms with Gasteiger partial charge in [-0.3, -0.25) is 4.79 Å². The molecule has 0 aromatic heterocycles. The Morgan fingerprint density at radius 3 is 2.42 bits per heavy atom. The first-order valence-corrected chi connectivity index (χ1v) is 6.60. The van der Waals surface area contributed by atoms with E-state index in [1.54, 1.807) is 18.9 Å². The smallest absolute Gasteiger partial charge is 0.410 e.